The number of para-hydroxylation sites is 1. The highest BCUT2D eigenvalue weighted by molar-refractivity contribution is 5.99. The lowest BCUT2D eigenvalue weighted by Gasteiger charge is -2.16. The van der Waals surface area contributed by atoms with E-state index in [4.69, 9.17) is 9.47 Å². The fourth-order valence-electron chi connectivity index (χ4n) is 2.48. The van der Waals surface area contributed by atoms with Gasteiger partial charge in [-0.2, -0.15) is 0 Å². The number of anilines is 1. The van der Waals surface area contributed by atoms with Crippen molar-refractivity contribution in [2.75, 3.05) is 12.4 Å². The molecule has 2 aromatic rings. The van der Waals surface area contributed by atoms with Crippen LogP contribution in [0, 0.1) is 24.0 Å². The predicted octanol–water partition coefficient (Wildman–Crippen LogP) is 3.40. The predicted molar refractivity (Wildman–Crippen MR) is 99.1 cm³/mol. The van der Waals surface area contributed by atoms with Gasteiger partial charge in [0.15, 0.2) is 6.10 Å². The third kappa shape index (κ3) is 4.60. The van der Waals surface area contributed by atoms with Gasteiger partial charge in [0.2, 0.25) is 0 Å². The molecule has 0 saturated carbocycles. The van der Waals surface area contributed by atoms with Crippen LogP contribution in [-0.2, 0) is 9.53 Å². The number of carbonyl (C=O) groups is 2. The number of ether oxygens (including phenoxy) is 2. The normalized spacial score (nSPS) is 11.4. The number of methoxy groups -OCH3 is 1. The van der Waals surface area contributed by atoms with E-state index in [-0.39, 0.29) is 17.0 Å². The van der Waals surface area contributed by atoms with E-state index in [1.807, 2.05) is 32.0 Å². The summed E-state index contributed by atoms with van der Waals surface area (Å²) in [6.07, 6.45) is -1.11. The molecule has 0 aliphatic rings. The largest absolute Gasteiger partial charge is 0.496 e. The summed E-state index contributed by atoms with van der Waals surface area (Å²) in [5.74, 6) is -1.28. The van der Waals surface area contributed by atoms with E-state index in [1.54, 1.807) is 0 Å². The van der Waals surface area contributed by atoms with Crippen molar-refractivity contribution >= 4 is 23.3 Å². The summed E-state index contributed by atoms with van der Waals surface area (Å²) in [4.78, 5) is 35.1. The SMILES string of the molecule is COc1ccc([N+](=O)[O-])cc1C(=O)O[C@@H](C)C(=O)Nc1c(C)cccc1C. The van der Waals surface area contributed by atoms with E-state index in [1.165, 1.54) is 26.2 Å². The second kappa shape index (κ2) is 8.31. The maximum atomic E-state index is 12.4. The van der Waals surface area contributed by atoms with Crippen molar-refractivity contribution in [1.82, 2.24) is 0 Å². The van der Waals surface area contributed by atoms with E-state index < -0.39 is 22.9 Å². The summed E-state index contributed by atoms with van der Waals surface area (Å²) in [6.45, 7) is 5.13. The summed E-state index contributed by atoms with van der Waals surface area (Å²) in [5, 5.41) is 13.7. The lowest BCUT2D eigenvalue weighted by atomic mass is 10.1. The van der Waals surface area contributed by atoms with Crippen LogP contribution in [0.25, 0.3) is 0 Å². The van der Waals surface area contributed by atoms with Gasteiger partial charge in [-0.3, -0.25) is 14.9 Å². The van der Waals surface area contributed by atoms with Crippen LogP contribution in [0.4, 0.5) is 11.4 Å². The second-order valence-electron chi connectivity index (χ2n) is 5.95. The highest BCUT2D eigenvalue weighted by Crippen LogP contribution is 2.25. The number of esters is 1. The van der Waals surface area contributed by atoms with E-state index in [0.717, 1.165) is 17.2 Å². The summed E-state index contributed by atoms with van der Waals surface area (Å²) in [6, 6.07) is 9.15. The first-order valence-electron chi connectivity index (χ1n) is 8.15. The first-order valence-corrected chi connectivity index (χ1v) is 8.15. The van der Waals surface area contributed by atoms with Crippen LogP contribution in [-0.4, -0.2) is 30.0 Å². The number of rotatable bonds is 6. The molecule has 0 unspecified atom stereocenters. The minimum Gasteiger partial charge on any atom is -0.496 e. The Morgan fingerprint density at radius 2 is 1.78 bits per heavy atom. The molecule has 2 aromatic carbocycles. The minimum absolute atomic E-state index is 0.118. The lowest BCUT2D eigenvalue weighted by molar-refractivity contribution is -0.384. The van der Waals surface area contributed by atoms with Crippen molar-refractivity contribution in [3.63, 3.8) is 0 Å². The Bertz CT molecular complexity index is 874. The molecule has 0 bridgehead atoms. The topological polar surface area (TPSA) is 108 Å². The van der Waals surface area contributed by atoms with Crippen LogP contribution in [0.3, 0.4) is 0 Å². The van der Waals surface area contributed by atoms with Crippen molar-refractivity contribution in [3.05, 3.63) is 63.2 Å². The van der Waals surface area contributed by atoms with Gasteiger partial charge < -0.3 is 14.8 Å². The molecule has 0 aliphatic heterocycles. The number of nitrogens with zero attached hydrogens (tertiary/aromatic N) is 1. The number of hydrogen-bond acceptors (Lipinski definition) is 6. The molecule has 0 saturated heterocycles. The Balaban J connectivity index is 2.16. The maximum absolute atomic E-state index is 12.4. The number of aryl methyl sites for hydroxylation is 2. The number of hydrogen-bond donors (Lipinski definition) is 1. The maximum Gasteiger partial charge on any atom is 0.342 e. The zero-order valence-corrected chi connectivity index (χ0v) is 15.4. The molecule has 8 heteroatoms. The van der Waals surface area contributed by atoms with Crippen LogP contribution in [0.15, 0.2) is 36.4 Å². The molecule has 0 spiro atoms. The molecule has 2 rings (SSSR count). The van der Waals surface area contributed by atoms with Gasteiger partial charge in [0.1, 0.15) is 11.3 Å². The Kier molecular flexibility index (Phi) is 6.12. The smallest absolute Gasteiger partial charge is 0.342 e. The molecule has 1 N–H and O–H groups in total. The highest BCUT2D eigenvalue weighted by Gasteiger charge is 2.24. The number of nitrogens with one attached hydrogen (secondary N) is 1. The van der Waals surface area contributed by atoms with E-state index in [2.05, 4.69) is 5.32 Å². The number of amides is 1. The number of carbonyl (C=O) groups excluding carboxylic acids is 2. The quantitative estimate of drug-likeness (QED) is 0.473. The number of benzene rings is 2. The third-order valence-corrected chi connectivity index (χ3v) is 4.00. The molecule has 0 aliphatic carbocycles. The average Bonchev–Trinajstić information content (AvgIpc) is 2.63. The molecule has 27 heavy (non-hydrogen) atoms. The van der Waals surface area contributed by atoms with Gasteiger partial charge in [0.25, 0.3) is 11.6 Å². The molecule has 142 valence electrons. The zero-order valence-electron chi connectivity index (χ0n) is 15.4. The van der Waals surface area contributed by atoms with Crippen LogP contribution in [0.1, 0.15) is 28.4 Å². The fraction of sp³-hybridized carbons (Fsp3) is 0.263. The van der Waals surface area contributed by atoms with Gasteiger partial charge in [-0.25, -0.2) is 4.79 Å². The molecule has 0 radical (unpaired) electrons. The summed E-state index contributed by atoms with van der Waals surface area (Å²) in [5.41, 5.74) is 2.00. The molecule has 0 heterocycles. The molecular formula is C19H20N2O6. The van der Waals surface area contributed by atoms with Gasteiger partial charge in [-0.1, -0.05) is 18.2 Å². The number of non-ortho nitro benzene ring substituents is 1. The summed E-state index contributed by atoms with van der Waals surface area (Å²) in [7, 11) is 1.33. The van der Waals surface area contributed by atoms with Crippen molar-refractivity contribution in [2.24, 2.45) is 0 Å². The molecule has 1 atom stereocenters. The van der Waals surface area contributed by atoms with Crippen molar-refractivity contribution in [1.29, 1.82) is 0 Å². The molecule has 1 amide bonds. The highest BCUT2D eigenvalue weighted by atomic mass is 16.6. The standard InChI is InChI=1S/C19H20N2O6/c1-11-6-5-7-12(2)17(11)20-18(22)13(3)27-19(23)15-10-14(21(24)25)8-9-16(15)26-4/h5-10,13H,1-4H3,(H,20,22)/t13-/m0/s1. The van der Waals surface area contributed by atoms with Gasteiger partial charge in [-0.15, -0.1) is 0 Å². The van der Waals surface area contributed by atoms with Crippen LogP contribution < -0.4 is 10.1 Å². The van der Waals surface area contributed by atoms with Crippen molar-refractivity contribution < 1.29 is 24.0 Å². The van der Waals surface area contributed by atoms with Crippen molar-refractivity contribution in [2.45, 2.75) is 26.9 Å². The molecular weight excluding hydrogens is 352 g/mol. The lowest BCUT2D eigenvalue weighted by Crippen LogP contribution is -2.30. The van der Waals surface area contributed by atoms with Crippen LogP contribution >= 0.6 is 0 Å². The van der Waals surface area contributed by atoms with E-state index in [0.29, 0.717) is 5.69 Å². The van der Waals surface area contributed by atoms with E-state index >= 15 is 0 Å². The van der Waals surface area contributed by atoms with Crippen molar-refractivity contribution in [3.8, 4) is 5.75 Å². The van der Waals surface area contributed by atoms with Crippen LogP contribution in [0.5, 0.6) is 5.75 Å². The first kappa shape index (κ1) is 19.9. The van der Waals surface area contributed by atoms with Gasteiger partial charge >= 0.3 is 5.97 Å². The summed E-state index contributed by atoms with van der Waals surface area (Å²) >= 11 is 0. The first-order chi connectivity index (χ1) is 12.7. The Labute approximate surface area is 156 Å². The zero-order chi connectivity index (χ0) is 20.1. The molecule has 0 aromatic heterocycles. The third-order valence-electron chi connectivity index (χ3n) is 4.00. The summed E-state index contributed by atoms with van der Waals surface area (Å²) < 4.78 is 10.2. The number of nitro groups is 1. The van der Waals surface area contributed by atoms with E-state index in [9.17, 15) is 19.7 Å². The van der Waals surface area contributed by atoms with Gasteiger partial charge in [0, 0.05) is 17.8 Å². The second-order valence-corrected chi connectivity index (χ2v) is 5.95. The van der Waals surface area contributed by atoms with Crippen LogP contribution in [0.2, 0.25) is 0 Å². The van der Waals surface area contributed by atoms with Gasteiger partial charge in [0.05, 0.1) is 12.0 Å². The number of nitro benzene ring substituents is 1. The molecule has 8 nitrogen and oxygen atoms in total. The molecule has 0 fully saturated rings. The fourth-order valence-corrected chi connectivity index (χ4v) is 2.48. The van der Waals surface area contributed by atoms with Gasteiger partial charge in [-0.05, 0) is 38.0 Å². The monoisotopic (exact) mass is 372 g/mol. The Morgan fingerprint density at radius 1 is 1.15 bits per heavy atom. The Hall–Kier alpha value is -3.42. The Morgan fingerprint density at radius 3 is 2.33 bits per heavy atom. The average molecular weight is 372 g/mol. The minimum atomic E-state index is -1.11.